The van der Waals surface area contributed by atoms with E-state index >= 15 is 0 Å². The molecule has 0 spiro atoms. The molecule has 1 saturated heterocycles. The van der Waals surface area contributed by atoms with Gasteiger partial charge in [0.05, 0.1) is 19.8 Å². The summed E-state index contributed by atoms with van der Waals surface area (Å²) in [6.45, 7) is 7.17. The fourth-order valence-electron chi connectivity index (χ4n) is 2.30. The monoisotopic (exact) mass is 245 g/mol. The van der Waals surface area contributed by atoms with E-state index in [1.54, 1.807) is 7.11 Å². The second-order valence-electron chi connectivity index (χ2n) is 4.54. The van der Waals surface area contributed by atoms with Crippen LogP contribution in [0.1, 0.15) is 26.2 Å². The van der Waals surface area contributed by atoms with Gasteiger partial charge in [0.2, 0.25) is 0 Å². The van der Waals surface area contributed by atoms with Crippen molar-refractivity contribution in [1.82, 2.24) is 5.32 Å². The third-order valence-corrected chi connectivity index (χ3v) is 3.24. The molecule has 1 heterocycles. The zero-order valence-corrected chi connectivity index (χ0v) is 11.2. The third-order valence-electron chi connectivity index (χ3n) is 3.24. The van der Waals surface area contributed by atoms with E-state index in [4.69, 9.17) is 14.2 Å². The molecule has 1 rings (SSSR count). The Balaban J connectivity index is 2.17. The smallest absolute Gasteiger partial charge is 0.0700 e. The van der Waals surface area contributed by atoms with Crippen LogP contribution in [0.15, 0.2) is 0 Å². The molecule has 0 aromatic carbocycles. The first-order valence-electron chi connectivity index (χ1n) is 6.76. The molecule has 2 atom stereocenters. The van der Waals surface area contributed by atoms with Gasteiger partial charge in [-0.05, 0) is 31.7 Å². The molecular weight excluding hydrogens is 218 g/mol. The molecule has 0 saturated carbocycles. The predicted octanol–water partition coefficient (Wildman–Crippen LogP) is 1.44. The molecule has 1 fully saturated rings. The maximum atomic E-state index is 5.55. The SMILES string of the molecule is CCNC(CCOCCOC)C1CCCOC1. The molecule has 0 bridgehead atoms. The summed E-state index contributed by atoms with van der Waals surface area (Å²) in [6, 6.07) is 0.530. The Kier molecular flexibility index (Phi) is 8.61. The normalized spacial score (nSPS) is 22.6. The van der Waals surface area contributed by atoms with Gasteiger partial charge in [0, 0.05) is 26.4 Å². The first-order valence-corrected chi connectivity index (χ1v) is 6.76. The summed E-state index contributed by atoms with van der Waals surface area (Å²) < 4.78 is 16.0. The van der Waals surface area contributed by atoms with Crippen LogP contribution in [0, 0.1) is 5.92 Å². The van der Waals surface area contributed by atoms with Crippen LogP contribution in [0.5, 0.6) is 0 Å². The number of hydrogen-bond acceptors (Lipinski definition) is 4. The predicted molar refractivity (Wildman–Crippen MR) is 68.3 cm³/mol. The van der Waals surface area contributed by atoms with Crippen molar-refractivity contribution in [1.29, 1.82) is 0 Å². The first-order chi connectivity index (χ1) is 8.38. The van der Waals surface area contributed by atoms with Crippen LogP contribution in [-0.2, 0) is 14.2 Å². The number of rotatable bonds is 9. The Labute approximate surface area is 105 Å². The Bertz CT molecular complexity index is 172. The van der Waals surface area contributed by atoms with Crippen molar-refractivity contribution in [3.05, 3.63) is 0 Å². The lowest BCUT2D eigenvalue weighted by Crippen LogP contribution is -2.41. The van der Waals surface area contributed by atoms with E-state index in [9.17, 15) is 0 Å². The second-order valence-corrected chi connectivity index (χ2v) is 4.54. The third kappa shape index (κ3) is 6.36. The Morgan fingerprint density at radius 2 is 2.24 bits per heavy atom. The van der Waals surface area contributed by atoms with Gasteiger partial charge < -0.3 is 19.5 Å². The van der Waals surface area contributed by atoms with Crippen molar-refractivity contribution >= 4 is 0 Å². The Morgan fingerprint density at radius 3 is 2.88 bits per heavy atom. The van der Waals surface area contributed by atoms with Gasteiger partial charge in [-0.15, -0.1) is 0 Å². The lowest BCUT2D eigenvalue weighted by atomic mass is 9.92. The van der Waals surface area contributed by atoms with Crippen LogP contribution < -0.4 is 5.32 Å². The first kappa shape index (κ1) is 14.9. The molecule has 0 amide bonds. The lowest BCUT2D eigenvalue weighted by molar-refractivity contribution is 0.0257. The van der Waals surface area contributed by atoms with Crippen LogP contribution in [0.3, 0.4) is 0 Å². The van der Waals surface area contributed by atoms with E-state index in [0.29, 0.717) is 25.2 Å². The topological polar surface area (TPSA) is 39.7 Å². The highest BCUT2D eigenvalue weighted by Gasteiger charge is 2.23. The standard InChI is InChI=1S/C13H27NO3/c1-3-14-13(6-8-16-10-9-15-2)12-5-4-7-17-11-12/h12-14H,3-11H2,1-2H3. The summed E-state index contributed by atoms with van der Waals surface area (Å²) in [5.41, 5.74) is 0. The summed E-state index contributed by atoms with van der Waals surface area (Å²) in [5, 5.41) is 3.55. The fraction of sp³-hybridized carbons (Fsp3) is 1.00. The van der Waals surface area contributed by atoms with E-state index < -0.39 is 0 Å². The van der Waals surface area contributed by atoms with Crippen molar-refractivity contribution < 1.29 is 14.2 Å². The molecule has 102 valence electrons. The quantitative estimate of drug-likeness (QED) is 0.624. The van der Waals surface area contributed by atoms with Crippen molar-refractivity contribution in [3.63, 3.8) is 0 Å². The summed E-state index contributed by atoms with van der Waals surface area (Å²) >= 11 is 0. The number of nitrogens with one attached hydrogen (secondary N) is 1. The summed E-state index contributed by atoms with van der Waals surface area (Å²) in [5.74, 6) is 0.648. The van der Waals surface area contributed by atoms with Crippen LogP contribution in [0.4, 0.5) is 0 Å². The Hall–Kier alpha value is -0.160. The van der Waals surface area contributed by atoms with Gasteiger partial charge in [0.1, 0.15) is 0 Å². The number of ether oxygens (including phenoxy) is 3. The maximum Gasteiger partial charge on any atom is 0.0700 e. The zero-order chi connectivity index (χ0) is 12.3. The molecule has 1 aliphatic heterocycles. The summed E-state index contributed by atoms with van der Waals surface area (Å²) in [7, 11) is 1.70. The highest BCUT2D eigenvalue weighted by molar-refractivity contribution is 4.78. The van der Waals surface area contributed by atoms with E-state index in [-0.39, 0.29) is 0 Å². The maximum absolute atomic E-state index is 5.55. The minimum absolute atomic E-state index is 0.530. The molecular formula is C13H27NO3. The molecule has 4 nitrogen and oxygen atoms in total. The highest BCUT2D eigenvalue weighted by atomic mass is 16.5. The minimum Gasteiger partial charge on any atom is -0.382 e. The van der Waals surface area contributed by atoms with E-state index in [1.807, 2.05) is 0 Å². The van der Waals surface area contributed by atoms with Gasteiger partial charge in [0.15, 0.2) is 0 Å². The van der Waals surface area contributed by atoms with Crippen LogP contribution in [-0.4, -0.2) is 52.7 Å². The van der Waals surface area contributed by atoms with Gasteiger partial charge in [-0.3, -0.25) is 0 Å². The number of hydrogen-bond donors (Lipinski definition) is 1. The van der Waals surface area contributed by atoms with Crippen LogP contribution in [0.25, 0.3) is 0 Å². The number of methoxy groups -OCH3 is 1. The largest absolute Gasteiger partial charge is 0.382 e. The molecule has 2 unspecified atom stereocenters. The minimum atomic E-state index is 0.530. The fourth-order valence-corrected chi connectivity index (χ4v) is 2.30. The molecule has 4 heteroatoms. The van der Waals surface area contributed by atoms with Gasteiger partial charge in [-0.2, -0.15) is 0 Å². The molecule has 0 aliphatic carbocycles. The molecule has 1 aliphatic rings. The average Bonchev–Trinajstić information content (AvgIpc) is 2.38. The van der Waals surface area contributed by atoms with Gasteiger partial charge >= 0.3 is 0 Å². The van der Waals surface area contributed by atoms with Crippen molar-refractivity contribution in [3.8, 4) is 0 Å². The molecule has 0 aromatic rings. The van der Waals surface area contributed by atoms with E-state index in [1.165, 1.54) is 12.8 Å². The highest BCUT2D eigenvalue weighted by Crippen LogP contribution is 2.19. The van der Waals surface area contributed by atoms with Crippen molar-refractivity contribution in [2.45, 2.75) is 32.2 Å². The molecule has 17 heavy (non-hydrogen) atoms. The second kappa shape index (κ2) is 9.83. The summed E-state index contributed by atoms with van der Waals surface area (Å²) in [4.78, 5) is 0. The van der Waals surface area contributed by atoms with Gasteiger partial charge in [0.25, 0.3) is 0 Å². The van der Waals surface area contributed by atoms with Crippen molar-refractivity contribution in [2.24, 2.45) is 5.92 Å². The van der Waals surface area contributed by atoms with E-state index in [2.05, 4.69) is 12.2 Å². The summed E-state index contributed by atoms with van der Waals surface area (Å²) in [6.07, 6.45) is 3.53. The molecule has 1 N–H and O–H groups in total. The van der Waals surface area contributed by atoms with Crippen LogP contribution >= 0.6 is 0 Å². The molecule has 0 aromatic heterocycles. The lowest BCUT2D eigenvalue weighted by Gasteiger charge is -2.30. The van der Waals surface area contributed by atoms with Crippen molar-refractivity contribution in [2.75, 3.05) is 46.7 Å². The Morgan fingerprint density at radius 1 is 1.35 bits per heavy atom. The van der Waals surface area contributed by atoms with Crippen LogP contribution in [0.2, 0.25) is 0 Å². The van der Waals surface area contributed by atoms with Gasteiger partial charge in [-0.25, -0.2) is 0 Å². The zero-order valence-electron chi connectivity index (χ0n) is 11.2. The average molecular weight is 245 g/mol. The van der Waals surface area contributed by atoms with E-state index in [0.717, 1.165) is 32.8 Å². The van der Waals surface area contributed by atoms with Gasteiger partial charge in [-0.1, -0.05) is 6.92 Å². The molecule has 0 radical (unpaired) electrons.